The third-order valence-electron chi connectivity index (χ3n) is 3.24. The summed E-state index contributed by atoms with van der Waals surface area (Å²) in [5.41, 5.74) is 0.339. The van der Waals surface area contributed by atoms with E-state index < -0.39 is 22.0 Å². The first kappa shape index (κ1) is 16.0. The fourth-order valence-corrected chi connectivity index (χ4v) is 4.55. The molecule has 0 saturated heterocycles. The third kappa shape index (κ3) is 2.72. The number of anilines is 1. The Balaban J connectivity index is 2.07. The molecule has 0 radical (unpaired) electrons. The second-order valence-corrected chi connectivity index (χ2v) is 7.35. The van der Waals surface area contributed by atoms with Crippen LogP contribution in [0.5, 0.6) is 0 Å². The van der Waals surface area contributed by atoms with Crippen LogP contribution in [0.1, 0.15) is 20.2 Å². The highest BCUT2D eigenvalue weighted by Gasteiger charge is 2.24. The van der Waals surface area contributed by atoms with Gasteiger partial charge in [0.15, 0.2) is 0 Å². The monoisotopic (exact) mass is 366 g/mol. The number of aromatic carboxylic acids is 2. The van der Waals surface area contributed by atoms with E-state index in [2.05, 4.69) is 9.71 Å². The van der Waals surface area contributed by atoms with Crippen LogP contribution in [0.25, 0.3) is 10.9 Å². The lowest BCUT2D eigenvalue weighted by Crippen LogP contribution is -2.15. The maximum absolute atomic E-state index is 12.5. The molecule has 0 amide bonds. The van der Waals surface area contributed by atoms with Crippen molar-refractivity contribution in [1.82, 2.24) is 4.98 Å². The minimum absolute atomic E-state index is 0.0848. The number of carboxylic acid groups (broad SMARTS) is 2. The zero-order valence-electron chi connectivity index (χ0n) is 11.8. The van der Waals surface area contributed by atoms with Crippen molar-refractivity contribution >= 4 is 49.9 Å². The number of aromatic amines is 1. The van der Waals surface area contributed by atoms with Gasteiger partial charge in [-0.15, -0.1) is 11.3 Å². The van der Waals surface area contributed by atoms with E-state index in [1.54, 1.807) is 12.1 Å². The van der Waals surface area contributed by atoms with Crippen molar-refractivity contribution in [1.29, 1.82) is 0 Å². The van der Waals surface area contributed by atoms with Gasteiger partial charge in [0.2, 0.25) is 0 Å². The van der Waals surface area contributed by atoms with Crippen molar-refractivity contribution in [2.75, 3.05) is 4.72 Å². The molecule has 124 valence electrons. The van der Waals surface area contributed by atoms with Crippen LogP contribution in [0, 0.1) is 0 Å². The molecule has 2 aromatic heterocycles. The number of para-hydroxylation sites is 1. The second-order valence-electron chi connectivity index (χ2n) is 4.78. The predicted molar refractivity (Wildman–Crippen MR) is 87.3 cm³/mol. The summed E-state index contributed by atoms with van der Waals surface area (Å²) in [6.07, 6.45) is 0. The minimum atomic E-state index is -4.14. The SMILES string of the molecule is O=C(O)c1cc2cccc(NS(=O)(=O)c3ccsc3C(=O)O)c2[nH]1. The number of thiophene rings is 1. The number of carbonyl (C=O) groups is 2. The number of benzene rings is 1. The molecule has 0 fully saturated rings. The van der Waals surface area contributed by atoms with Gasteiger partial charge in [-0.05, 0) is 23.6 Å². The van der Waals surface area contributed by atoms with Gasteiger partial charge < -0.3 is 15.2 Å². The number of fused-ring (bicyclic) bond motifs is 1. The van der Waals surface area contributed by atoms with E-state index in [0.717, 1.165) is 11.3 Å². The normalized spacial score (nSPS) is 11.5. The fourth-order valence-electron chi connectivity index (χ4n) is 2.22. The molecule has 3 rings (SSSR count). The largest absolute Gasteiger partial charge is 0.477 e. The molecule has 3 aromatic rings. The van der Waals surface area contributed by atoms with Gasteiger partial charge >= 0.3 is 11.9 Å². The van der Waals surface area contributed by atoms with E-state index in [1.165, 1.54) is 23.6 Å². The lowest BCUT2D eigenvalue weighted by atomic mass is 10.2. The quantitative estimate of drug-likeness (QED) is 0.547. The Hall–Kier alpha value is -2.85. The number of sulfonamides is 1. The van der Waals surface area contributed by atoms with E-state index in [9.17, 15) is 18.0 Å². The summed E-state index contributed by atoms with van der Waals surface area (Å²) in [6, 6.07) is 7.22. The van der Waals surface area contributed by atoms with Crippen molar-refractivity contribution in [3.8, 4) is 0 Å². The molecular formula is C14H10N2O6S2. The Bertz CT molecular complexity index is 1060. The molecule has 24 heavy (non-hydrogen) atoms. The van der Waals surface area contributed by atoms with Gasteiger partial charge in [-0.3, -0.25) is 4.72 Å². The van der Waals surface area contributed by atoms with Crippen molar-refractivity contribution in [3.05, 3.63) is 46.3 Å². The van der Waals surface area contributed by atoms with Crippen molar-refractivity contribution in [2.45, 2.75) is 4.90 Å². The van der Waals surface area contributed by atoms with Gasteiger partial charge in [-0.1, -0.05) is 12.1 Å². The average Bonchev–Trinajstić information content (AvgIpc) is 3.14. The highest BCUT2D eigenvalue weighted by molar-refractivity contribution is 7.93. The number of aromatic nitrogens is 1. The Labute approximate surface area is 139 Å². The Morgan fingerprint density at radius 3 is 2.54 bits per heavy atom. The summed E-state index contributed by atoms with van der Waals surface area (Å²) in [4.78, 5) is 24.1. The van der Waals surface area contributed by atoms with Gasteiger partial charge in [-0.2, -0.15) is 0 Å². The van der Waals surface area contributed by atoms with E-state index in [4.69, 9.17) is 10.2 Å². The van der Waals surface area contributed by atoms with Gasteiger partial charge in [0.05, 0.1) is 11.2 Å². The highest BCUT2D eigenvalue weighted by Crippen LogP contribution is 2.28. The molecule has 1 aromatic carbocycles. The molecule has 8 nitrogen and oxygen atoms in total. The van der Waals surface area contributed by atoms with Crippen LogP contribution in [0.15, 0.2) is 40.6 Å². The van der Waals surface area contributed by atoms with E-state index in [0.29, 0.717) is 10.9 Å². The molecule has 4 N–H and O–H groups in total. The lowest BCUT2D eigenvalue weighted by Gasteiger charge is -2.08. The smallest absolute Gasteiger partial charge is 0.352 e. The number of hydrogen-bond acceptors (Lipinski definition) is 5. The molecule has 0 aliphatic carbocycles. The summed E-state index contributed by atoms with van der Waals surface area (Å²) >= 11 is 0.802. The fraction of sp³-hybridized carbons (Fsp3) is 0. The first-order valence-corrected chi connectivity index (χ1v) is 8.84. The molecular weight excluding hydrogens is 356 g/mol. The lowest BCUT2D eigenvalue weighted by molar-refractivity contribution is 0.0683. The van der Waals surface area contributed by atoms with Crippen molar-refractivity contribution < 1.29 is 28.2 Å². The number of carboxylic acids is 2. The predicted octanol–water partition coefficient (Wildman–Crippen LogP) is 2.43. The van der Waals surface area contributed by atoms with Gasteiger partial charge in [-0.25, -0.2) is 18.0 Å². The van der Waals surface area contributed by atoms with Crippen LogP contribution in [-0.2, 0) is 10.0 Å². The maximum Gasteiger partial charge on any atom is 0.352 e. The number of H-pyrrole nitrogens is 1. The van der Waals surface area contributed by atoms with Crippen LogP contribution < -0.4 is 4.72 Å². The summed E-state index contributed by atoms with van der Waals surface area (Å²) in [6.45, 7) is 0. The summed E-state index contributed by atoms with van der Waals surface area (Å²) < 4.78 is 27.3. The molecule has 0 saturated carbocycles. The Kier molecular flexibility index (Phi) is 3.78. The minimum Gasteiger partial charge on any atom is -0.477 e. The van der Waals surface area contributed by atoms with Crippen LogP contribution >= 0.6 is 11.3 Å². The zero-order chi connectivity index (χ0) is 17.5. The standard InChI is InChI=1S/C14H10N2O6S2/c17-13(18)9-6-7-2-1-3-8(11(7)15-9)16-24(21,22)10-4-5-23-12(10)14(19)20/h1-6,15-16H,(H,17,18)(H,19,20). The van der Waals surface area contributed by atoms with Crippen molar-refractivity contribution in [3.63, 3.8) is 0 Å². The topological polar surface area (TPSA) is 137 Å². The number of rotatable bonds is 5. The molecule has 0 aliphatic rings. The van der Waals surface area contributed by atoms with Gasteiger partial charge in [0.25, 0.3) is 10.0 Å². The Morgan fingerprint density at radius 2 is 1.88 bits per heavy atom. The van der Waals surface area contributed by atoms with Crippen LogP contribution in [0.2, 0.25) is 0 Å². The summed E-state index contributed by atoms with van der Waals surface area (Å²) in [7, 11) is -4.14. The molecule has 10 heteroatoms. The van der Waals surface area contributed by atoms with Crippen LogP contribution in [0.3, 0.4) is 0 Å². The first-order chi connectivity index (χ1) is 11.3. The molecule has 0 bridgehead atoms. The molecule has 0 atom stereocenters. The first-order valence-electron chi connectivity index (χ1n) is 6.48. The van der Waals surface area contributed by atoms with Crippen LogP contribution in [-0.4, -0.2) is 35.6 Å². The van der Waals surface area contributed by atoms with E-state index in [-0.39, 0.29) is 21.2 Å². The molecule has 0 aliphatic heterocycles. The third-order valence-corrected chi connectivity index (χ3v) is 5.68. The van der Waals surface area contributed by atoms with Crippen molar-refractivity contribution in [2.24, 2.45) is 0 Å². The molecule has 0 unspecified atom stereocenters. The number of nitrogens with one attached hydrogen (secondary N) is 2. The zero-order valence-corrected chi connectivity index (χ0v) is 13.4. The number of hydrogen-bond donors (Lipinski definition) is 4. The van der Waals surface area contributed by atoms with Gasteiger partial charge in [0.1, 0.15) is 15.5 Å². The Morgan fingerprint density at radius 1 is 1.12 bits per heavy atom. The maximum atomic E-state index is 12.5. The van der Waals surface area contributed by atoms with Gasteiger partial charge in [0, 0.05) is 5.39 Å². The van der Waals surface area contributed by atoms with E-state index >= 15 is 0 Å². The summed E-state index contributed by atoms with van der Waals surface area (Å²) in [5, 5.41) is 20.0. The molecule has 2 heterocycles. The van der Waals surface area contributed by atoms with E-state index in [1.807, 2.05) is 0 Å². The molecule has 0 spiro atoms. The average molecular weight is 366 g/mol. The summed E-state index contributed by atoms with van der Waals surface area (Å²) in [5.74, 6) is -2.51. The second kappa shape index (κ2) is 5.65. The van der Waals surface area contributed by atoms with Crippen LogP contribution in [0.4, 0.5) is 5.69 Å². The highest BCUT2D eigenvalue weighted by atomic mass is 32.2.